The molecule has 2 nitrogen and oxygen atoms in total. The summed E-state index contributed by atoms with van der Waals surface area (Å²) < 4.78 is 0. The molecule has 1 aromatic rings. The third-order valence-electron chi connectivity index (χ3n) is 2.40. The van der Waals surface area contributed by atoms with Crippen molar-refractivity contribution in [1.29, 1.82) is 0 Å². The van der Waals surface area contributed by atoms with E-state index in [2.05, 4.69) is 20.8 Å². The van der Waals surface area contributed by atoms with E-state index in [1.165, 1.54) is 11.3 Å². The third-order valence-corrected chi connectivity index (χ3v) is 3.21. The zero-order valence-electron chi connectivity index (χ0n) is 10.0. The maximum Gasteiger partial charge on any atom is 0.168 e. The van der Waals surface area contributed by atoms with Gasteiger partial charge in [-0.2, -0.15) is 0 Å². The van der Waals surface area contributed by atoms with E-state index in [4.69, 9.17) is 5.73 Å². The van der Waals surface area contributed by atoms with Gasteiger partial charge in [0.2, 0.25) is 0 Å². The number of nitrogens with two attached hydrogens (primary N) is 1. The van der Waals surface area contributed by atoms with Crippen LogP contribution in [-0.2, 0) is 5.41 Å². The lowest BCUT2D eigenvalue weighted by Crippen LogP contribution is -2.18. The molecule has 1 rings (SSSR count). The number of rotatable bonds is 2. The summed E-state index contributed by atoms with van der Waals surface area (Å²) in [6.07, 6.45) is 0. The minimum atomic E-state index is -0.0198. The molecule has 15 heavy (non-hydrogen) atoms. The first-order chi connectivity index (χ1) is 6.75. The quantitative estimate of drug-likeness (QED) is 0.783. The second kappa shape index (κ2) is 3.97. The number of thiophene rings is 1. The van der Waals surface area contributed by atoms with Gasteiger partial charge >= 0.3 is 0 Å². The first kappa shape index (κ1) is 12.2. The summed E-state index contributed by atoms with van der Waals surface area (Å²) in [6.45, 7) is 10.1. The number of carbonyl (C=O) groups excluding carboxylic acids is 1. The van der Waals surface area contributed by atoms with E-state index in [1.807, 2.05) is 19.2 Å². The highest BCUT2D eigenvalue weighted by Gasteiger charge is 2.26. The Bertz CT molecular complexity index is 371. The normalized spacial score (nSPS) is 12.1. The maximum atomic E-state index is 12.0. The number of hydrogen-bond donors (Lipinski definition) is 1. The summed E-state index contributed by atoms with van der Waals surface area (Å²) in [4.78, 5) is 12.0. The van der Waals surface area contributed by atoms with Crippen molar-refractivity contribution in [3.05, 3.63) is 16.5 Å². The van der Waals surface area contributed by atoms with Crippen LogP contribution in [0.2, 0.25) is 0 Å². The third kappa shape index (κ3) is 2.40. The van der Waals surface area contributed by atoms with E-state index in [0.29, 0.717) is 5.00 Å². The van der Waals surface area contributed by atoms with Crippen LogP contribution in [0.5, 0.6) is 0 Å². The summed E-state index contributed by atoms with van der Waals surface area (Å²) in [6, 6.07) is 0. The van der Waals surface area contributed by atoms with E-state index in [0.717, 1.165) is 11.1 Å². The monoisotopic (exact) mass is 225 g/mol. The zero-order valence-corrected chi connectivity index (χ0v) is 10.9. The van der Waals surface area contributed by atoms with Crippen molar-refractivity contribution in [2.75, 3.05) is 5.73 Å². The molecule has 0 aliphatic heterocycles. The Morgan fingerprint density at radius 1 is 1.40 bits per heavy atom. The standard InChI is InChI=1S/C12H19NOS/c1-7(2)10(14)9-8(12(3,4)5)6-15-11(9)13/h6-7H,13H2,1-5H3. The second-order valence-corrected chi connectivity index (χ2v) is 6.07. The van der Waals surface area contributed by atoms with Crippen molar-refractivity contribution in [3.8, 4) is 0 Å². The molecule has 0 spiro atoms. The molecule has 3 heteroatoms. The van der Waals surface area contributed by atoms with Gasteiger partial charge in [-0.15, -0.1) is 11.3 Å². The summed E-state index contributed by atoms with van der Waals surface area (Å²) in [5.74, 6) is 0.154. The highest BCUT2D eigenvalue weighted by atomic mass is 32.1. The molecule has 0 amide bonds. The van der Waals surface area contributed by atoms with Gasteiger partial charge in [0.05, 0.1) is 10.6 Å². The minimum absolute atomic E-state index is 0.00278. The Morgan fingerprint density at radius 3 is 2.33 bits per heavy atom. The highest BCUT2D eigenvalue weighted by molar-refractivity contribution is 7.14. The number of hydrogen-bond acceptors (Lipinski definition) is 3. The molecule has 1 aromatic heterocycles. The van der Waals surface area contributed by atoms with Crippen molar-refractivity contribution >= 4 is 22.1 Å². The first-order valence-electron chi connectivity index (χ1n) is 5.16. The molecule has 0 saturated carbocycles. The van der Waals surface area contributed by atoms with Crippen molar-refractivity contribution in [3.63, 3.8) is 0 Å². The van der Waals surface area contributed by atoms with Crippen LogP contribution in [0, 0.1) is 5.92 Å². The molecule has 0 aliphatic carbocycles. The Labute approximate surface area is 95.5 Å². The van der Waals surface area contributed by atoms with Gasteiger partial charge in [0.25, 0.3) is 0 Å². The van der Waals surface area contributed by atoms with Crippen molar-refractivity contribution < 1.29 is 4.79 Å². The molecule has 0 aliphatic rings. The molecule has 2 N–H and O–H groups in total. The van der Waals surface area contributed by atoms with Crippen LogP contribution in [0.1, 0.15) is 50.5 Å². The fraction of sp³-hybridized carbons (Fsp3) is 0.583. The average molecular weight is 225 g/mol. The lowest BCUT2D eigenvalue weighted by molar-refractivity contribution is 0.0938. The Hall–Kier alpha value is -0.830. The van der Waals surface area contributed by atoms with Gasteiger partial charge in [0.15, 0.2) is 5.78 Å². The minimum Gasteiger partial charge on any atom is -0.390 e. The first-order valence-corrected chi connectivity index (χ1v) is 6.04. The number of nitrogen functional groups attached to an aromatic ring is 1. The van der Waals surface area contributed by atoms with E-state index >= 15 is 0 Å². The van der Waals surface area contributed by atoms with Crippen LogP contribution in [0.4, 0.5) is 5.00 Å². The lowest BCUT2D eigenvalue weighted by Gasteiger charge is -2.20. The Kier molecular flexibility index (Phi) is 3.24. The van der Waals surface area contributed by atoms with Gasteiger partial charge in [-0.1, -0.05) is 34.6 Å². The van der Waals surface area contributed by atoms with E-state index in [9.17, 15) is 4.79 Å². The van der Waals surface area contributed by atoms with Crippen LogP contribution in [0.15, 0.2) is 5.38 Å². The number of carbonyl (C=O) groups is 1. The van der Waals surface area contributed by atoms with E-state index in [1.54, 1.807) is 0 Å². The summed E-state index contributed by atoms with van der Waals surface area (Å²) in [7, 11) is 0. The van der Waals surface area contributed by atoms with Crippen molar-refractivity contribution in [2.24, 2.45) is 5.92 Å². The van der Waals surface area contributed by atoms with Crippen LogP contribution in [-0.4, -0.2) is 5.78 Å². The Balaban J connectivity index is 3.28. The smallest absolute Gasteiger partial charge is 0.168 e. The molecule has 0 saturated heterocycles. The summed E-state index contributed by atoms with van der Waals surface area (Å²) in [5, 5.41) is 2.66. The fourth-order valence-electron chi connectivity index (χ4n) is 1.47. The summed E-state index contributed by atoms with van der Waals surface area (Å²) in [5.41, 5.74) is 7.67. The van der Waals surface area contributed by atoms with Gasteiger partial charge < -0.3 is 5.73 Å². The van der Waals surface area contributed by atoms with E-state index < -0.39 is 0 Å². The lowest BCUT2D eigenvalue weighted by atomic mass is 9.83. The number of Topliss-reactive ketones (excluding diaryl/α,β-unsaturated/α-hetero) is 1. The fourth-order valence-corrected chi connectivity index (χ4v) is 2.51. The van der Waals surface area contributed by atoms with Crippen LogP contribution in [0.25, 0.3) is 0 Å². The molecule has 1 heterocycles. The van der Waals surface area contributed by atoms with Crippen LogP contribution < -0.4 is 5.73 Å². The average Bonchev–Trinajstić information content (AvgIpc) is 2.44. The molecular formula is C12H19NOS. The molecule has 0 bridgehead atoms. The number of anilines is 1. The molecule has 0 aromatic carbocycles. The molecule has 0 radical (unpaired) electrons. The predicted octanol–water partition coefficient (Wildman–Crippen LogP) is 3.47. The van der Waals surface area contributed by atoms with Gasteiger partial charge in [-0.25, -0.2) is 0 Å². The largest absolute Gasteiger partial charge is 0.390 e. The van der Waals surface area contributed by atoms with Crippen LogP contribution in [0.3, 0.4) is 0 Å². The molecule has 0 fully saturated rings. The molecule has 0 atom stereocenters. The molecular weight excluding hydrogens is 206 g/mol. The molecule has 0 unspecified atom stereocenters. The topological polar surface area (TPSA) is 43.1 Å². The van der Waals surface area contributed by atoms with Crippen molar-refractivity contribution in [2.45, 2.75) is 40.0 Å². The van der Waals surface area contributed by atoms with Gasteiger partial charge in [-0.05, 0) is 16.4 Å². The SMILES string of the molecule is CC(C)C(=O)c1c(C(C)(C)C)csc1N. The zero-order chi connectivity index (χ0) is 11.8. The van der Waals surface area contributed by atoms with Gasteiger partial charge in [0.1, 0.15) is 0 Å². The number of ketones is 1. The summed E-state index contributed by atoms with van der Waals surface area (Å²) >= 11 is 1.46. The highest BCUT2D eigenvalue weighted by Crippen LogP contribution is 2.35. The van der Waals surface area contributed by atoms with Gasteiger partial charge in [0, 0.05) is 5.92 Å². The second-order valence-electron chi connectivity index (χ2n) is 5.16. The molecule has 84 valence electrons. The van der Waals surface area contributed by atoms with Crippen molar-refractivity contribution in [1.82, 2.24) is 0 Å². The maximum absolute atomic E-state index is 12.0. The van der Waals surface area contributed by atoms with E-state index in [-0.39, 0.29) is 17.1 Å². The van der Waals surface area contributed by atoms with Crippen LogP contribution >= 0.6 is 11.3 Å². The van der Waals surface area contributed by atoms with Gasteiger partial charge in [-0.3, -0.25) is 4.79 Å². The predicted molar refractivity (Wildman–Crippen MR) is 66.6 cm³/mol. The Morgan fingerprint density at radius 2 is 1.93 bits per heavy atom.